The lowest BCUT2D eigenvalue weighted by Gasteiger charge is -2.22. The number of aryl methyl sites for hydroxylation is 1. The first-order valence-corrected chi connectivity index (χ1v) is 8.22. The highest BCUT2D eigenvalue weighted by molar-refractivity contribution is 7.09. The van der Waals surface area contributed by atoms with E-state index in [4.69, 9.17) is 0 Å². The van der Waals surface area contributed by atoms with Crippen molar-refractivity contribution in [1.29, 1.82) is 0 Å². The van der Waals surface area contributed by atoms with Gasteiger partial charge in [0.15, 0.2) is 0 Å². The summed E-state index contributed by atoms with van der Waals surface area (Å²) >= 11 is 1.77. The quantitative estimate of drug-likeness (QED) is 0.806. The van der Waals surface area contributed by atoms with Crippen LogP contribution in [0.4, 0.5) is 0 Å². The van der Waals surface area contributed by atoms with Crippen LogP contribution in [0.1, 0.15) is 37.0 Å². The summed E-state index contributed by atoms with van der Waals surface area (Å²) < 4.78 is 0. The standard InChI is InChI=1S/C15H24N2OS/c18-15(7-1-5-14-6-3-11-19-14)17-10-8-13-4-2-9-16-12-13/h3,6,11,13,16H,1-2,4-5,7-10,12H2,(H,17,18). The number of carbonyl (C=O) groups is 1. The molecular formula is C15H24N2OS. The maximum atomic E-state index is 11.7. The molecule has 2 N–H and O–H groups in total. The summed E-state index contributed by atoms with van der Waals surface area (Å²) in [7, 11) is 0. The van der Waals surface area contributed by atoms with Crippen LogP contribution in [0.3, 0.4) is 0 Å². The van der Waals surface area contributed by atoms with Crippen LogP contribution in [-0.2, 0) is 11.2 Å². The van der Waals surface area contributed by atoms with Crippen molar-refractivity contribution in [2.75, 3.05) is 19.6 Å². The van der Waals surface area contributed by atoms with Gasteiger partial charge >= 0.3 is 0 Å². The largest absolute Gasteiger partial charge is 0.356 e. The second kappa shape index (κ2) is 8.33. The second-order valence-electron chi connectivity index (χ2n) is 5.28. The predicted molar refractivity (Wildman–Crippen MR) is 80.5 cm³/mol. The summed E-state index contributed by atoms with van der Waals surface area (Å²) in [6.45, 7) is 3.12. The van der Waals surface area contributed by atoms with E-state index in [-0.39, 0.29) is 5.91 Å². The first-order valence-electron chi connectivity index (χ1n) is 7.34. The van der Waals surface area contributed by atoms with Gasteiger partial charge in [-0.25, -0.2) is 0 Å². The van der Waals surface area contributed by atoms with E-state index < -0.39 is 0 Å². The zero-order chi connectivity index (χ0) is 13.3. The molecule has 0 radical (unpaired) electrons. The van der Waals surface area contributed by atoms with Crippen LogP contribution in [0, 0.1) is 5.92 Å². The fourth-order valence-corrected chi connectivity index (χ4v) is 3.30. The van der Waals surface area contributed by atoms with Crippen molar-refractivity contribution in [2.24, 2.45) is 5.92 Å². The molecule has 1 aliphatic rings. The number of nitrogens with one attached hydrogen (secondary N) is 2. The molecule has 1 aliphatic heterocycles. The normalized spacial score (nSPS) is 19.3. The molecule has 0 bridgehead atoms. The van der Waals surface area contributed by atoms with Crippen LogP contribution in [0.5, 0.6) is 0 Å². The van der Waals surface area contributed by atoms with Crippen molar-refractivity contribution in [1.82, 2.24) is 10.6 Å². The van der Waals surface area contributed by atoms with Gasteiger partial charge in [0, 0.05) is 17.8 Å². The average Bonchev–Trinajstić information content (AvgIpc) is 2.93. The molecule has 1 amide bonds. The molecule has 3 nitrogen and oxygen atoms in total. The van der Waals surface area contributed by atoms with Crippen molar-refractivity contribution in [3.8, 4) is 0 Å². The fourth-order valence-electron chi connectivity index (χ4n) is 2.55. The van der Waals surface area contributed by atoms with E-state index in [2.05, 4.69) is 28.1 Å². The van der Waals surface area contributed by atoms with Crippen molar-refractivity contribution < 1.29 is 4.79 Å². The number of piperidine rings is 1. The Morgan fingerprint density at radius 1 is 1.53 bits per heavy atom. The lowest BCUT2D eigenvalue weighted by Crippen LogP contribution is -2.33. The SMILES string of the molecule is O=C(CCCc1cccs1)NCCC1CCCNC1. The summed E-state index contributed by atoms with van der Waals surface area (Å²) in [6, 6.07) is 4.21. The van der Waals surface area contributed by atoms with Crippen LogP contribution >= 0.6 is 11.3 Å². The number of hydrogen-bond donors (Lipinski definition) is 2. The monoisotopic (exact) mass is 280 g/mol. The van der Waals surface area contributed by atoms with E-state index in [9.17, 15) is 4.79 Å². The number of carbonyl (C=O) groups excluding carboxylic acids is 1. The van der Waals surface area contributed by atoms with Gasteiger partial charge < -0.3 is 10.6 Å². The third kappa shape index (κ3) is 5.74. The van der Waals surface area contributed by atoms with Gasteiger partial charge in [-0.2, -0.15) is 0 Å². The summed E-state index contributed by atoms with van der Waals surface area (Å²) in [4.78, 5) is 13.1. The van der Waals surface area contributed by atoms with Crippen LogP contribution < -0.4 is 10.6 Å². The zero-order valence-electron chi connectivity index (χ0n) is 11.5. The van der Waals surface area contributed by atoms with Crippen molar-refractivity contribution >= 4 is 17.2 Å². The van der Waals surface area contributed by atoms with E-state index in [1.165, 1.54) is 17.7 Å². The molecule has 0 aromatic carbocycles. The summed E-state index contributed by atoms with van der Waals surface area (Å²) in [5.41, 5.74) is 0. The Morgan fingerprint density at radius 3 is 3.21 bits per heavy atom. The van der Waals surface area contributed by atoms with Crippen molar-refractivity contribution in [2.45, 2.75) is 38.5 Å². The lowest BCUT2D eigenvalue weighted by atomic mass is 9.96. The molecule has 1 aromatic heterocycles. The molecule has 106 valence electrons. The minimum atomic E-state index is 0.209. The molecule has 1 atom stereocenters. The molecule has 0 spiro atoms. The molecule has 1 fully saturated rings. The number of thiophene rings is 1. The highest BCUT2D eigenvalue weighted by Crippen LogP contribution is 2.13. The first kappa shape index (κ1) is 14.5. The number of amides is 1. The minimum Gasteiger partial charge on any atom is -0.356 e. The first-order chi connectivity index (χ1) is 9.34. The maximum absolute atomic E-state index is 11.7. The van der Waals surface area contributed by atoms with Crippen LogP contribution in [0.15, 0.2) is 17.5 Å². The molecule has 1 saturated heterocycles. The average molecular weight is 280 g/mol. The smallest absolute Gasteiger partial charge is 0.220 e. The van der Waals surface area contributed by atoms with Crippen molar-refractivity contribution in [3.05, 3.63) is 22.4 Å². The Balaban J connectivity index is 1.49. The van der Waals surface area contributed by atoms with Gasteiger partial charge in [-0.15, -0.1) is 11.3 Å². The minimum absolute atomic E-state index is 0.209. The van der Waals surface area contributed by atoms with E-state index in [1.807, 2.05) is 0 Å². The van der Waals surface area contributed by atoms with Gasteiger partial charge in [0.1, 0.15) is 0 Å². The van der Waals surface area contributed by atoms with E-state index >= 15 is 0 Å². The Bertz CT molecular complexity index is 358. The van der Waals surface area contributed by atoms with Crippen LogP contribution in [-0.4, -0.2) is 25.5 Å². The van der Waals surface area contributed by atoms with E-state index in [1.54, 1.807) is 11.3 Å². The third-order valence-corrected chi connectivity index (χ3v) is 4.62. The Kier molecular flexibility index (Phi) is 6.37. The fraction of sp³-hybridized carbons (Fsp3) is 0.667. The van der Waals surface area contributed by atoms with Gasteiger partial charge in [0.05, 0.1) is 0 Å². The maximum Gasteiger partial charge on any atom is 0.220 e. The summed E-state index contributed by atoms with van der Waals surface area (Å²) in [5.74, 6) is 0.959. The van der Waals surface area contributed by atoms with Crippen molar-refractivity contribution in [3.63, 3.8) is 0 Å². The zero-order valence-corrected chi connectivity index (χ0v) is 12.3. The molecule has 1 aromatic rings. The Morgan fingerprint density at radius 2 is 2.47 bits per heavy atom. The molecule has 2 rings (SSSR count). The van der Waals surface area contributed by atoms with Gasteiger partial charge in [0.2, 0.25) is 5.91 Å². The number of hydrogen-bond acceptors (Lipinski definition) is 3. The Hall–Kier alpha value is -0.870. The third-order valence-electron chi connectivity index (χ3n) is 3.68. The van der Waals surface area contributed by atoms with Gasteiger partial charge in [-0.1, -0.05) is 6.07 Å². The van der Waals surface area contributed by atoms with Gasteiger partial charge in [0.25, 0.3) is 0 Å². The molecular weight excluding hydrogens is 256 g/mol. The molecule has 0 saturated carbocycles. The molecule has 0 aliphatic carbocycles. The highest BCUT2D eigenvalue weighted by Gasteiger charge is 2.12. The van der Waals surface area contributed by atoms with E-state index in [0.717, 1.165) is 44.8 Å². The second-order valence-corrected chi connectivity index (χ2v) is 6.32. The highest BCUT2D eigenvalue weighted by atomic mass is 32.1. The Labute approximate surface area is 119 Å². The summed E-state index contributed by atoms with van der Waals surface area (Å²) in [5, 5.41) is 8.55. The topological polar surface area (TPSA) is 41.1 Å². The summed E-state index contributed by atoms with van der Waals surface area (Å²) in [6.07, 6.45) is 6.33. The molecule has 19 heavy (non-hydrogen) atoms. The van der Waals surface area contributed by atoms with Gasteiger partial charge in [-0.3, -0.25) is 4.79 Å². The molecule has 1 unspecified atom stereocenters. The predicted octanol–water partition coefficient (Wildman–Crippen LogP) is 2.58. The van der Waals surface area contributed by atoms with Crippen LogP contribution in [0.25, 0.3) is 0 Å². The molecule has 4 heteroatoms. The molecule has 2 heterocycles. The lowest BCUT2D eigenvalue weighted by molar-refractivity contribution is -0.121. The van der Waals surface area contributed by atoms with Gasteiger partial charge in [-0.05, 0) is 62.6 Å². The van der Waals surface area contributed by atoms with Crippen LogP contribution in [0.2, 0.25) is 0 Å². The number of rotatable bonds is 7. The van der Waals surface area contributed by atoms with E-state index in [0.29, 0.717) is 6.42 Å².